The van der Waals surface area contributed by atoms with Gasteiger partial charge in [0.2, 0.25) is 0 Å². The number of hydrogen-bond acceptors (Lipinski definition) is 4. The van der Waals surface area contributed by atoms with Gasteiger partial charge in [-0.3, -0.25) is 9.39 Å². The summed E-state index contributed by atoms with van der Waals surface area (Å²) in [6.45, 7) is 3.64. The number of rotatable bonds is 5. The summed E-state index contributed by atoms with van der Waals surface area (Å²) in [5, 5.41) is 8.67. The first-order chi connectivity index (χ1) is 10.8. The molecule has 22 heavy (non-hydrogen) atoms. The van der Waals surface area contributed by atoms with E-state index in [1.165, 1.54) is 9.75 Å². The van der Waals surface area contributed by atoms with Crippen LogP contribution in [0.1, 0.15) is 22.4 Å². The number of guanidine groups is 1. The van der Waals surface area contributed by atoms with Crippen molar-refractivity contribution < 1.29 is 0 Å². The molecule has 0 unspecified atom stereocenters. The molecule has 0 aromatic carbocycles. The summed E-state index contributed by atoms with van der Waals surface area (Å²) >= 11 is 3.48. The maximum absolute atomic E-state index is 4.55. The van der Waals surface area contributed by atoms with Crippen molar-refractivity contribution in [1.82, 2.24) is 20.0 Å². The number of aromatic nitrogens is 2. The molecule has 3 rings (SSSR count). The van der Waals surface area contributed by atoms with Gasteiger partial charge in [0.15, 0.2) is 10.9 Å². The van der Waals surface area contributed by atoms with E-state index in [0.717, 1.165) is 29.6 Å². The average Bonchev–Trinajstić information content (AvgIpc) is 3.22. The highest BCUT2D eigenvalue weighted by Crippen LogP contribution is 2.16. The summed E-state index contributed by atoms with van der Waals surface area (Å²) in [7, 11) is 1.78. The fraction of sp³-hybridized carbons (Fsp3) is 0.333. The molecular formula is C15H19N5S2. The Morgan fingerprint density at radius 1 is 1.27 bits per heavy atom. The lowest BCUT2D eigenvalue weighted by Gasteiger charge is -2.09. The molecule has 0 aliphatic heterocycles. The number of hydrogen-bond donors (Lipinski definition) is 2. The third-order valence-electron chi connectivity index (χ3n) is 3.30. The lowest BCUT2D eigenvalue weighted by atomic mass is 10.3. The second kappa shape index (κ2) is 6.93. The Balaban J connectivity index is 1.52. The number of thiophene rings is 1. The van der Waals surface area contributed by atoms with Crippen LogP contribution in [-0.2, 0) is 19.5 Å². The van der Waals surface area contributed by atoms with E-state index in [9.17, 15) is 0 Å². The van der Waals surface area contributed by atoms with Gasteiger partial charge >= 0.3 is 0 Å². The van der Waals surface area contributed by atoms with Crippen LogP contribution in [0.4, 0.5) is 0 Å². The highest BCUT2D eigenvalue weighted by molar-refractivity contribution is 7.15. The van der Waals surface area contributed by atoms with Crippen LogP contribution in [-0.4, -0.2) is 22.4 Å². The number of fused-ring (bicyclic) bond motifs is 1. The summed E-state index contributed by atoms with van der Waals surface area (Å²) in [5.74, 6) is 0.794. The predicted octanol–water partition coefficient (Wildman–Crippen LogP) is 2.88. The highest BCUT2D eigenvalue weighted by atomic mass is 32.1. The molecule has 0 aliphatic rings. The maximum Gasteiger partial charge on any atom is 0.193 e. The molecule has 116 valence electrons. The van der Waals surface area contributed by atoms with Crippen LogP contribution in [0.15, 0.2) is 34.9 Å². The number of imidazole rings is 1. The molecule has 2 N–H and O–H groups in total. The smallest absolute Gasteiger partial charge is 0.193 e. The van der Waals surface area contributed by atoms with Crippen molar-refractivity contribution in [2.45, 2.75) is 26.4 Å². The summed E-state index contributed by atoms with van der Waals surface area (Å²) in [6, 6.07) is 4.36. The van der Waals surface area contributed by atoms with Gasteiger partial charge in [0.25, 0.3) is 0 Å². The van der Waals surface area contributed by atoms with Gasteiger partial charge in [0, 0.05) is 34.6 Å². The van der Waals surface area contributed by atoms with Gasteiger partial charge in [0.05, 0.1) is 18.8 Å². The number of aliphatic imine (C=N–C) groups is 1. The molecular weight excluding hydrogens is 314 g/mol. The van der Waals surface area contributed by atoms with Crippen molar-refractivity contribution in [3.63, 3.8) is 0 Å². The third-order valence-corrected chi connectivity index (χ3v) is 5.30. The number of thiazole rings is 1. The molecule has 0 atom stereocenters. The normalized spacial score (nSPS) is 12.0. The Kier molecular flexibility index (Phi) is 4.74. The molecule has 0 radical (unpaired) electrons. The first-order valence-corrected chi connectivity index (χ1v) is 8.91. The number of nitrogens with zero attached hydrogens (tertiary/aromatic N) is 3. The zero-order chi connectivity index (χ0) is 15.4. The minimum absolute atomic E-state index is 0.665. The van der Waals surface area contributed by atoms with E-state index in [1.807, 2.05) is 33.5 Å². The molecule has 7 heteroatoms. The van der Waals surface area contributed by atoms with E-state index in [1.54, 1.807) is 18.4 Å². The van der Waals surface area contributed by atoms with Gasteiger partial charge in [0.1, 0.15) is 0 Å². The highest BCUT2D eigenvalue weighted by Gasteiger charge is 2.05. The van der Waals surface area contributed by atoms with Crippen molar-refractivity contribution in [2.75, 3.05) is 7.05 Å². The molecule has 0 fully saturated rings. The van der Waals surface area contributed by atoms with Crippen molar-refractivity contribution in [2.24, 2.45) is 4.99 Å². The Bertz CT molecular complexity index is 739. The van der Waals surface area contributed by atoms with Crippen molar-refractivity contribution in [1.29, 1.82) is 0 Å². The Morgan fingerprint density at radius 3 is 2.82 bits per heavy atom. The van der Waals surface area contributed by atoms with Gasteiger partial charge in [-0.2, -0.15) is 0 Å². The van der Waals surface area contributed by atoms with Crippen LogP contribution in [0.5, 0.6) is 0 Å². The van der Waals surface area contributed by atoms with Gasteiger partial charge in [-0.1, -0.05) is 6.92 Å². The second-order valence-corrected chi connectivity index (χ2v) is 6.95. The first-order valence-electron chi connectivity index (χ1n) is 7.21. The zero-order valence-corrected chi connectivity index (χ0v) is 14.3. The summed E-state index contributed by atoms with van der Waals surface area (Å²) in [6.07, 6.45) is 5.15. The minimum atomic E-state index is 0.665. The topological polar surface area (TPSA) is 53.7 Å². The Labute approximate surface area is 137 Å². The van der Waals surface area contributed by atoms with Crippen LogP contribution in [0.25, 0.3) is 4.96 Å². The van der Waals surface area contributed by atoms with E-state index in [0.29, 0.717) is 6.54 Å². The summed E-state index contributed by atoms with van der Waals surface area (Å²) < 4.78 is 2.04. The SMILES string of the molecule is CCc1ccc(CNC(=NC)NCc2cn3ccsc3n2)s1. The molecule has 3 aromatic heterocycles. The van der Waals surface area contributed by atoms with Crippen molar-refractivity contribution in [3.05, 3.63) is 45.4 Å². The van der Waals surface area contributed by atoms with Crippen molar-refractivity contribution >= 4 is 33.6 Å². The fourth-order valence-corrected chi connectivity index (χ4v) is 3.75. The third kappa shape index (κ3) is 3.48. The van der Waals surface area contributed by atoms with Gasteiger partial charge in [-0.15, -0.1) is 22.7 Å². The van der Waals surface area contributed by atoms with Gasteiger partial charge in [-0.05, 0) is 18.6 Å². The van der Waals surface area contributed by atoms with Crippen LogP contribution in [0.3, 0.4) is 0 Å². The molecule has 3 aromatic rings. The van der Waals surface area contributed by atoms with E-state index < -0.39 is 0 Å². The molecule has 0 aliphatic carbocycles. The second-order valence-electron chi connectivity index (χ2n) is 4.83. The standard InChI is InChI=1S/C15H19N5S2/c1-3-12-4-5-13(22-12)9-18-14(16-2)17-8-11-10-20-6-7-21-15(20)19-11/h4-7,10H,3,8-9H2,1-2H3,(H2,16,17,18). The van der Waals surface area contributed by atoms with Crippen LogP contribution in [0, 0.1) is 0 Å². The molecule has 5 nitrogen and oxygen atoms in total. The fourth-order valence-electron chi connectivity index (χ4n) is 2.13. The molecule has 0 bridgehead atoms. The predicted molar refractivity (Wildman–Crippen MR) is 93.8 cm³/mol. The number of nitrogens with one attached hydrogen (secondary N) is 2. The molecule has 0 saturated heterocycles. The van der Waals surface area contributed by atoms with Gasteiger partial charge in [-0.25, -0.2) is 4.98 Å². The van der Waals surface area contributed by atoms with E-state index in [2.05, 4.69) is 39.7 Å². The lowest BCUT2D eigenvalue weighted by Crippen LogP contribution is -2.36. The average molecular weight is 333 g/mol. The largest absolute Gasteiger partial charge is 0.352 e. The zero-order valence-electron chi connectivity index (χ0n) is 12.7. The van der Waals surface area contributed by atoms with Crippen LogP contribution in [0.2, 0.25) is 0 Å². The monoisotopic (exact) mass is 333 g/mol. The Hall–Kier alpha value is -1.86. The molecule has 3 heterocycles. The quantitative estimate of drug-likeness (QED) is 0.558. The van der Waals surface area contributed by atoms with E-state index >= 15 is 0 Å². The lowest BCUT2D eigenvalue weighted by molar-refractivity contribution is 0.804. The van der Waals surface area contributed by atoms with E-state index in [4.69, 9.17) is 0 Å². The first kappa shape index (κ1) is 15.1. The molecule has 0 saturated carbocycles. The summed E-state index contributed by atoms with van der Waals surface area (Å²) in [5.41, 5.74) is 1.01. The Morgan fingerprint density at radius 2 is 2.09 bits per heavy atom. The van der Waals surface area contributed by atoms with Crippen LogP contribution < -0.4 is 10.6 Å². The maximum atomic E-state index is 4.55. The molecule has 0 spiro atoms. The van der Waals surface area contributed by atoms with Crippen LogP contribution >= 0.6 is 22.7 Å². The van der Waals surface area contributed by atoms with Crippen molar-refractivity contribution in [3.8, 4) is 0 Å². The summed E-state index contributed by atoms with van der Waals surface area (Å²) in [4.78, 5) is 12.6. The number of aryl methyl sites for hydroxylation is 1. The minimum Gasteiger partial charge on any atom is -0.352 e. The van der Waals surface area contributed by atoms with E-state index in [-0.39, 0.29) is 0 Å². The molecule has 0 amide bonds. The van der Waals surface area contributed by atoms with Gasteiger partial charge < -0.3 is 10.6 Å².